The number of carbonyl (C=O) groups is 1. The van der Waals surface area contributed by atoms with Crippen LogP contribution in [0.3, 0.4) is 0 Å². The number of furan rings is 1. The highest BCUT2D eigenvalue weighted by Crippen LogP contribution is 2.10. The molecule has 1 aromatic heterocycles. The average Bonchev–Trinajstić information content (AvgIpc) is 2.82. The standard InChI is InChI=1S/C14H16N2O4S/c1-10-3-7-13(8-4-10)21(18,19)16-14(17)15-9-12-6-5-11(2)20-12/h3-8H,9H2,1-2H3,(H2,15,16,17). The van der Waals surface area contributed by atoms with Crippen molar-refractivity contribution in [1.29, 1.82) is 0 Å². The van der Waals surface area contributed by atoms with Crippen LogP contribution < -0.4 is 10.0 Å². The van der Waals surface area contributed by atoms with Crippen molar-refractivity contribution in [1.82, 2.24) is 10.0 Å². The lowest BCUT2D eigenvalue weighted by molar-refractivity contribution is 0.244. The van der Waals surface area contributed by atoms with Gasteiger partial charge in [-0.05, 0) is 38.1 Å². The quantitative estimate of drug-likeness (QED) is 0.905. The molecule has 1 aromatic carbocycles. The van der Waals surface area contributed by atoms with Gasteiger partial charge in [-0.3, -0.25) is 0 Å². The molecule has 0 bridgehead atoms. The van der Waals surface area contributed by atoms with Crippen molar-refractivity contribution in [3.63, 3.8) is 0 Å². The van der Waals surface area contributed by atoms with Crippen LogP contribution >= 0.6 is 0 Å². The lowest BCUT2D eigenvalue weighted by Gasteiger charge is -2.08. The smallest absolute Gasteiger partial charge is 0.329 e. The minimum Gasteiger partial charge on any atom is -0.465 e. The van der Waals surface area contributed by atoms with Crippen LogP contribution in [0.2, 0.25) is 0 Å². The molecule has 0 fully saturated rings. The van der Waals surface area contributed by atoms with Crippen molar-refractivity contribution in [3.05, 3.63) is 53.5 Å². The van der Waals surface area contributed by atoms with Gasteiger partial charge in [0.25, 0.3) is 10.0 Å². The Kier molecular flexibility index (Phi) is 4.32. The number of benzene rings is 1. The van der Waals surface area contributed by atoms with E-state index in [1.807, 2.05) is 11.6 Å². The Hall–Kier alpha value is -2.28. The fraction of sp³-hybridized carbons (Fsp3) is 0.214. The Morgan fingerprint density at radius 3 is 2.33 bits per heavy atom. The van der Waals surface area contributed by atoms with Crippen molar-refractivity contribution in [2.75, 3.05) is 0 Å². The summed E-state index contributed by atoms with van der Waals surface area (Å²) >= 11 is 0. The molecule has 21 heavy (non-hydrogen) atoms. The molecule has 0 aliphatic carbocycles. The summed E-state index contributed by atoms with van der Waals surface area (Å²) in [7, 11) is -3.87. The summed E-state index contributed by atoms with van der Waals surface area (Å²) in [6.07, 6.45) is 0. The van der Waals surface area contributed by atoms with E-state index in [4.69, 9.17) is 4.42 Å². The Morgan fingerprint density at radius 1 is 1.10 bits per heavy atom. The first-order valence-corrected chi connectivity index (χ1v) is 7.78. The van der Waals surface area contributed by atoms with E-state index in [1.165, 1.54) is 12.1 Å². The molecular formula is C14H16N2O4S. The summed E-state index contributed by atoms with van der Waals surface area (Å²) in [5, 5.41) is 2.43. The molecule has 0 unspecified atom stereocenters. The van der Waals surface area contributed by atoms with E-state index in [0.717, 1.165) is 11.3 Å². The third-order valence-electron chi connectivity index (χ3n) is 2.78. The van der Waals surface area contributed by atoms with Gasteiger partial charge < -0.3 is 9.73 Å². The van der Waals surface area contributed by atoms with Crippen molar-refractivity contribution in [2.24, 2.45) is 0 Å². The monoisotopic (exact) mass is 308 g/mol. The Labute approximate surface area is 123 Å². The third-order valence-corrected chi connectivity index (χ3v) is 4.12. The third kappa shape index (κ3) is 4.09. The number of urea groups is 1. The maximum Gasteiger partial charge on any atom is 0.329 e. The number of nitrogens with one attached hydrogen (secondary N) is 2. The van der Waals surface area contributed by atoms with Crippen molar-refractivity contribution in [2.45, 2.75) is 25.3 Å². The lowest BCUT2D eigenvalue weighted by Crippen LogP contribution is -2.38. The molecule has 6 nitrogen and oxygen atoms in total. The van der Waals surface area contributed by atoms with Crippen LogP contribution in [0.15, 0.2) is 45.7 Å². The first kappa shape index (κ1) is 15.1. The second kappa shape index (κ2) is 6.01. The highest BCUT2D eigenvalue weighted by Gasteiger charge is 2.17. The van der Waals surface area contributed by atoms with E-state index < -0.39 is 16.1 Å². The number of sulfonamides is 1. The molecule has 2 aromatic rings. The van der Waals surface area contributed by atoms with Gasteiger partial charge in [0.15, 0.2) is 0 Å². The van der Waals surface area contributed by atoms with Crippen molar-refractivity contribution in [3.8, 4) is 0 Å². The highest BCUT2D eigenvalue weighted by atomic mass is 32.2. The molecule has 0 radical (unpaired) electrons. The molecule has 0 saturated carbocycles. The molecule has 112 valence electrons. The number of hydrogen-bond donors (Lipinski definition) is 2. The zero-order valence-electron chi connectivity index (χ0n) is 11.7. The fourth-order valence-corrected chi connectivity index (χ4v) is 2.61. The fourth-order valence-electron chi connectivity index (χ4n) is 1.68. The molecule has 2 amide bonds. The molecule has 7 heteroatoms. The SMILES string of the molecule is Cc1ccc(S(=O)(=O)NC(=O)NCc2ccc(C)o2)cc1. The maximum atomic E-state index is 12.0. The molecule has 0 aliphatic heterocycles. The first-order valence-electron chi connectivity index (χ1n) is 6.29. The van der Waals surface area contributed by atoms with E-state index in [-0.39, 0.29) is 11.4 Å². The van der Waals surface area contributed by atoms with Gasteiger partial charge in [-0.1, -0.05) is 17.7 Å². The minimum absolute atomic E-state index is 0.0390. The summed E-state index contributed by atoms with van der Waals surface area (Å²) in [5.41, 5.74) is 0.937. The second-order valence-electron chi connectivity index (χ2n) is 4.61. The summed E-state index contributed by atoms with van der Waals surface area (Å²) in [6.45, 7) is 3.75. The van der Waals surface area contributed by atoms with E-state index in [9.17, 15) is 13.2 Å². The van der Waals surface area contributed by atoms with Crippen LogP contribution in [0.1, 0.15) is 17.1 Å². The van der Waals surface area contributed by atoms with Gasteiger partial charge in [-0.25, -0.2) is 17.9 Å². The zero-order chi connectivity index (χ0) is 15.5. The predicted molar refractivity (Wildman–Crippen MR) is 77.2 cm³/mol. The van der Waals surface area contributed by atoms with Crippen LogP contribution in [0, 0.1) is 13.8 Å². The summed E-state index contributed by atoms with van der Waals surface area (Å²) in [6, 6.07) is 8.89. The summed E-state index contributed by atoms with van der Waals surface area (Å²) < 4.78 is 31.2. The van der Waals surface area contributed by atoms with E-state index in [2.05, 4.69) is 5.32 Å². The molecule has 2 N–H and O–H groups in total. The topological polar surface area (TPSA) is 88.4 Å². The van der Waals surface area contributed by atoms with Gasteiger partial charge in [-0.15, -0.1) is 0 Å². The number of hydrogen-bond acceptors (Lipinski definition) is 4. The van der Waals surface area contributed by atoms with Crippen LogP contribution in [-0.2, 0) is 16.6 Å². The predicted octanol–water partition coefficient (Wildman–Crippen LogP) is 2.08. The molecule has 0 aliphatic rings. The van der Waals surface area contributed by atoms with Gasteiger partial charge in [-0.2, -0.15) is 0 Å². The molecule has 0 saturated heterocycles. The van der Waals surface area contributed by atoms with Gasteiger partial charge in [0, 0.05) is 0 Å². The second-order valence-corrected chi connectivity index (χ2v) is 6.30. The van der Waals surface area contributed by atoms with Gasteiger partial charge >= 0.3 is 6.03 Å². The number of rotatable bonds is 4. The molecule has 0 atom stereocenters. The molecule has 2 rings (SSSR count). The van der Waals surface area contributed by atoms with Crippen molar-refractivity contribution < 1.29 is 17.6 Å². The molecular weight excluding hydrogens is 292 g/mol. The largest absolute Gasteiger partial charge is 0.465 e. The van der Waals surface area contributed by atoms with Crippen LogP contribution in [-0.4, -0.2) is 14.4 Å². The Morgan fingerprint density at radius 2 is 1.76 bits per heavy atom. The van der Waals surface area contributed by atoms with E-state index in [0.29, 0.717) is 5.76 Å². The van der Waals surface area contributed by atoms with Crippen LogP contribution in [0.5, 0.6) is 0 Å². The van der Waals surface area contributed by atoms with Crippen LogP contribution in [0.25, 0.3) is 0 Å². The Bertz CT molecular complexity index is 733. The highest BCUT2D eigenvalue weighted by molar-refractivity contribution is 7.90. The normalized spacial score (nSPS) is 11.1. The molecule has 1 heterocycles. The number of amides is 2. The van der Waals surface area contributed by atoms with Gasteiger partial charge in [0.1, 0.15) is 11.5 Å². The van der Waals surface area contributed by atoms with Gasteiger partial charge in [0.05, 0.1) is 11.4 Å². The summed E-state index contributed by atoms with van der Waals surface area (Å²) in [4.78, 5) is 11.7. The number of carbonyl (C=O) groups excluding carboxylic acids is 1. The average molecular weight is 308 g/mol. The van der Waals surface area contributed by atoms with E-state index in [1.54, 1.807) is 31.2 Å². The lowest BCUT2D eigenvalue weighted by atomic mass is 10.2. The first-order chi connectivity index (χ1) is 9.87. The summed E-state index contributed by atoms with van der Waals surface area (Å²) in [5.74, 6) is 1.27. The Balaban J connectivity index is 1.96. The maximum absolute atomic E-state index is 12.0. The number of aryl methyl sites for hydroxylation is 2. The minimum atomic E-state index is -3.87. The zero-order valence-corrected chi connectivity index (χ0v) is 12.5. The van der Waals surface area contributed by atoms with Gasteiger partial charge in [0.2, 0.25) is 0 Å². The van der Waals surface area contributed by atoms with Crippen molar-refractivity contribution >= 4 is 16.1 Å². The van der Waals surface area contributed by atoms with E-state index >= 15 is 0 Å². The van der Waals surface area contributed by atoms with Crippen LogP contribution in [0.4, 0.5) is 4.79 Å². The molecule has 0 spiro atoms.